The van der Waals surface area contributed by atoms with E-state index < -0.39 is 0 Å². The van der Waals surface area contributed by atoms with Crippen molar-refractivity contribution in [2.75, 3.05) is 0 Å². The van der Waals surface area contributed by atoms with E-state index in [9.17, 15) is 9.59 Å². The van der Waals surface area contributed by atoms with Gasteiger partial charge in [0.25, 0.3) is 0 Å². The van der Waals surface area contributed by atoms with Gasteiger partial charge in [-0.1, -0.05) is 23.7 Å². The fraction of sp³-hybridized carbons (Fsp3) is 0. The van der Waals surface area contributed by atoms with Crippen LogP contribution in [-0.2, 0) is 9.59 Å². The van der Waals surface area contributed by atoms with E-state index in [1.54, 1.807) is 30.3 Å². The normalized spacial score (nSPS) is 9.47. The number of fused-ring (bicyclic) bond motifs is 1. The van der Waals surface area contributed by atoms with Gasteiger partial charge in [-0.2, -0.15) is 9.98 Å². The Morgan fingerprint density at radius 2 is 1.59 bits per heavy atom. The van der Waals surface area contributed by atoms with E-state index in [0.717, 1.165) is 0 Å². The molecule has 0 radical (unpaired) electrons. The highest BCUT2D eigenvalue weighted by Gasteiger charge is 2.08. The first kappa shape index (κ1) is 11.2. The average Bonchev–Trinajstić information content (AvgIpc) is 2.34. The zero-order valence-electron chi connectivity index (χ0n) is 8.48. The summed E-state index contributed by atoms with van der Waals surface area (Å²) in [4.78, 5) is 27.8. The third kappa shape index (κ3) is 2.01. The van der Waals surface area contributed by atoms with Crippen molar-refractivity contribution in [2.45, 2.75) is 0 Å². The first-order chi connectivity index (χ1) is 8.27. The van der Waals surface area contributed by atoms with Gasteiger partial charge in [-0.05, 0) is 18.2 Å². The standard InChI is InChI=1S/C12H5ClN2O2/c13-9-4-5-11(15-7-17)12-8(9)2-1-3-10(12)14-6-16/h1-5H. The maximum atomic E-state index is 10.3. The molecule has 4 nitrogen and oxygen atoms in total. The largest absolute Gasteiger partial charge is 0.240 e. The second-order valence-corrected chi connectivity index (χ2v) is 3.58. The zero-order valence-corrected chi connectivity index (χ0v) is 9.23. The summed E-state index contributed by atoms with van der Waals surface area (Å²) < 4.78 is 0. The number of nitrogens with zero attached hydrogens (tertiary/aromatic N) is 2. The Hall–Kier alpha value is -2.25. The van der Waals surface area contributed by atoms with Crippen molar-refractivity contribution in [2.24, 2.45) is 9.98 Å². The molecule has 2 rings (SSSR count). The number of hydrogen-bond acceptors (Lipinski definition) is 4. The van der Waals surface area contributed by atoms with Crippen molar-refractivity contribution >= 4 is 45.9 Å². The lowest BCUT2D eigenvalue weighted by Gasteiger charge is -2.05. The van der Waals surface area contributed by atoms with Crippen LogP contribution in [0.15, 0.2) is 40.3 Å². The molecule has 5 heteroatoms. The van der Waals surface area contributed by atoms with Crippen molar-refractivity contribution in [3.8, 4) is 0 Å². The van der Waals surface area contributed by atoms with Gasteiger partial charge in [0, 0.05) is 15.8 Å². The Kier molecular flexibility index (Phi) is 3.12. The summed E-state index contributed by atoms with van der Waals surface area (Å²) in [6, 6.07) is 8.27. The molecule has 0 amide bonds. The van der Waals surface area contributed by atoms with Gasteiger partial charge in [0.1, 0.15) is 0 Å². The molecule has 2 aromatic carbocycles. The van der Waals surface area contributed by atoms with E-state index in [4.69, 9.17) is 11.6 Å². The molecule has 82 valence electrons. The summed E-state index contributed by atoms with van der Waals surface area (Å²) in [6.45, 7) is 0. The smallest absolute Gasteiger partial charge is 0.211 e. The molecule has 0 aliphatic rings. The van der Waals surface area contributed by atoms with Crippen LogP contribution in [0.3, 0.4) is 0 Å². The molecule has 0 saturated heterocycles. The van der Waals surface area contributed by atoms with Gasteiger partial charge in [-0.3, -0.25) is 0 Å². The lowest BCUT2D eigenvalue weighted by Crippen LogP contribution is -1.77. The third-order valence-electron chi connectivity index (χ3n) is 2.28. The summed E-state index contributed by atoms with van der Waals surface area (Å²) in [7, 11) is 0. The molecule has 0 bridgehead atoms. The average molecular weight is 245 g/mol. The van der Waals surface area contributed by atoms with E-state index in [0.29, 0.717) is 27.2 Å². The second kappa shape index (κ2) is 4.73. The molecule has 0 aromatic heterocycles. The summed E-state index contributed by atoms with van der Waals surface area (Å²) in [5.41, 5.74) is 0.739. The molecule has 0 aliphatic heterocycles. The summed E-state index contributed by atoms with van der Waals surface area (Å²) >= 11 is 6.02. The molecule has 0 N–H and O–H groups in total. The Morgan fingerprint density at radius 3 is 2.24 bits per heavy atom. The minimum absolute atomic E-state index is 0.369. The first-order valence-corrected chi connectivity index (χ1v) is 5.02. The molecule has 0 unspecified atom stereocenters. The molecule has 0 fully saturated rings. The number of aliphatic imine (C=N–C) groups is 2. The van der Waals surface area contributed by atoms with Crippen LogP contribution in [0.25, 0.3) is 10.8 Å². The Balaban J connectivity index is 2.98. The Morgan fingerprint density at radius 1 is 0.941 bits per heavy atom. The molecule has 0 atom stereocenters. The van der Waals surface area contributed by atoms with Gasteiger partial charge in [0.2, 0.25) is 12.2 Å². The highest BCUT2D eigenvalue weighted by molar-refractivity contribution is 6.36. The first-order valence-electron chi connectivity index (χ1n) is 4.65. The van der Waals surface area contributed by atoms with Crippen molar-refractivity contribution in [1.29, 1.82) is 0 Å². The molecule has 0 spiro atoms. The summed E-state index contributed by atoms with van der Waals surface area (Å²) in [6.07, 6.45) is 2.91. The van der Waals surface area contributed by atoms with Crippen LogP contribution in [0.2, 0.25) is 5.02 Å². The molecule has 2 aromatic rings. The predicted molar refractivity (Wildman–Crippen MR) is 64.5 cm³/mol. The third-order valence-corrected chi connectivity index (χ3v) is 2.61. The minimum Gasteiger partial charge on any atom is -0.211 e. The number of carbonyl (C=O) groups excluding carboxylic acids is 2. The summed E-state index contributed by atoms with van der Waals surface area (Å²) in [5, 5.41) is 1.69. The maximum Gasteiger partial charge on any atom is 0.240 e. The van der Waals surface area contributed by atoms with Crippen LogP contribution in [0.5, 0.6) is 0 Å². The Labute approximate surface area is 101 Å². The van der Waals surface area contributed by atoms with Crippen molar-refractivity contribution in [3.63, 3.8) is 0 Å². The predicted octanol–water partition coefficient (Wildman–Crippen LogP) is 3.43. The SMILES string of the molecule is O=C=Nc1cccc2c(Cl)ccc(N=C=O)c12. The monoisotopic (exact) mass is 244 g/mol. The van der Waals surface area contributed by atoms with Crippen molar-refractivity contribution in [1.82, 2.24) is 0 Å². The molecule has 0 aliphatic carbocycles. The minimum atomic E-state index is 0.369. The van der Waals surface area contributed by atoms with Gasteiger partial charge >= 0.3 is 0 Å². The van der Waals surface area contributed by atoms with E-state index >= 15 is 0 Å². The molecular formula is C12H5ClN2O2. The molecule has 0 saturated carbocycles. The quantitative estimate of drug-likeness (QED) is 0.600. The molecule has 0 heterocycles. The second-order valence-electron chi connectivity index (χ2n) is 3.17. The van der Waals surface area contributed by atoms with E-state index in [1.165, 1.54) is 12.2 Å². The number of halogens is 1. The summed E-state index contributed by atoms with van der Waals surface area (Å²) in [5.74, 6) is 0. The lowest BCUT2D eigenvalue weighted by atomic mass is 10.1. The maximum absolute atomic E-state index is 10.3. The van der Waals surface area contributed by atoms with E-state index in [-0.39, 0.29) is 0 Å². The van der Waals surface area contributed by atoms with Gasteiger partial charge in [0.05, 0.1) is 11.4 Å². The van der Waals surface area contributed by atoms with E-state index in [1.807, 2.05) is 0 Å². The van der Waals surface area contributed by atoms with Gasteiger partial charge in [-0.15, -0.1) is 0 Å². The van der Waals surface area contributed by atoms with Gasteiger partial charge < -0.3 is 0 Å². The highest BCUT2D eigenvalue weighted by Crippen LogP contribution is 2.37. The zero-order chi connectivity index (χ0) is 12.3. The van der Waals surface area contributed by atoms with Gasteiger partial charge in [0.15, 0.2) is 0 Å². The fourth-order valence-electron chi connectivity index (χ4n) is 1.62. The van der Waals surface area contributed by atoms with Crippen LogP contribution in [0.1, 0.15) is 0 Å². The molecule has 17 heavy (non-hydrogen) atoms. The Bertz CT molecular complexity index is 660. The highest BCUT2D eigenvalue weighted by atomic mass is 35.5. The van der Waals surface area contributed by atoms with Crippen LogP contribution in [-0.4, -0.2) is 12.2 Å². The van der Waals surface area contributed by atoms with E-state index in [2.05, 4.69) is 9.98 Å². The van der Waals surface area contributed by atoms with Gasteiger partial charge in [-0.25, -0.2) is 9.59 Å². The topological polar surface area (TPSA) is 58.9 Å². The number of rotatable bonds is 2. The number of isocyanates is 2. The van der Waals surface area contributed by atoms with Crippen LogP contribution < -0.4 is 0 Å². The van der Waals surface area contributed by atoms with Crippen LogP contribution in [0, 0.1) is 0 Å². The van der Waals surface area contributed by atoms with Crippen molar-refractivity contribution in [3.05, 3.63) is 35.4 Å². The number of benzene rings is 2. The van der Waals surface area contributed by atoms with Crippen LogP contribution in [0.4, 0.5) is 11.4 Å². The van der Waals surface area contributed by atoms with Crippen molar-refractivity contribution < 1.29 is 9.59 Å². The lowest BCUT2D eigenvalue weighted by molar-refractivity contribution is 0.565. The number of hydrogen-bond donors (Lipinski definition) is 0. The molecular weight excluding hydrogens is 240 g/mol. The van der Waals surface area contributed by atoms with Crippen LogP contribution >= 0.6 is 11.6 Å². The fourth-order valence-corrected chi connectivity index (χ4v) is 1.84.